The zero-order chi connectivity index (χ0) is 22.8. The maximum absolute atomic E-state index is 13.4. The van der Waals surface area contributed by atoms with Gasteiger partial charge in [0.25, 0.3) is 0 Å². The number of thioether (sulfide) groups is 1. The Morgan fingerprint density at radius 1 is 0.970 bits per heavy atom. The lowest BCUT2D eigenvalue weighted by Gasteiger charge is -2.17. The highest BCUT2D eigenvalue weighted by Crippen LogP contribution is 2.36. The number of carbonyl (C=O) groups is 1. The first kappa shape index (κ1) is 21.0. The molecule has 1 amide bonds. The fraction of sp³-hybridized carbons (Fsp3) is 0.120. The molecule has 0 saturated carbocycles. The van der Waals surface area contributed by atoms with Crippen LogP contribution in [-0.4, -0.2) is 32.6 Å². The van der Waals surface area contributed by atoms with Crippen molar-refractivity contribution < 1.29 is 9.53 Å². The number of nitrogens with zero attached hydrogens (tertiary/aromatic N) is 4. The van der Waals surface area contributed by atoms with Crippen LogP contribution in [0.4, 0.5) is 5.69 Å². The molecule has 0 spiro atoms. The molecule has 33 heavy (non-hydrogen) atoms. The second-order valence-electron chi connectivity index (χ2n) is 7.43. The van der Waals surface area contributed by atoms with Crippen LogP contribution in [-0.2, 0) is 4.79 Å². The molecule has 0 radical (unpaired) electrons. The van der Waals surface area contributed by atoms with E-state index in [1.54, 1.807) is 11.6 Å². The average molecular weight is 456 g/mol. The van der Waals surface area contributed by atoms with Crippen LogP contribution >= 0.6 is 11.8 Å². The normalized spacial score (nSPS) is 12.1. The Bertz CT molecular complexity index is 1430. The molecule has 1 unspecified atom stereocenters. The maximum Gasteiger partial charge on any atom is 0.242 e. The molecule has 5 rings (SSSR count). The number of methoxy groups -OCH3 is 1. The van der Waals surface area contributed by atoms with Crippen LogP contribution in [0.25, 0.3) is 16.6 Å². The van der Waals surface area contributed by atoms with Gasteiger partial charge in [0.2, 0.25) is 5.91 Å². The number of nitrogens with one attached hydrogen (secondary N) is 1. The molecular formula is C25H21N5O2S. The number of aromatic nitrogens is 4. The summed E-state index contributed by atoms with van der Waals surface area (Å²) < 4.78 is 6.93. The van der Waals surface area contributed by atoms with E-state index in [0.717, 1.165) is 27.9 Å². The third-order valence-corrected chi connectivity index (χ3v) is 6.37. The van der Waals surface area contributed by atoms with E-state index >= 15 is 0 Å². The number of carbonyl (C=O) groups excluding carboxylic acids is 1. The number of amides is 1. The van der Waals surface area contributed by atoms with Crippen LogP contribution in [0.1, 0.15) is 16.6 Å². The highest BCUT2D eigenvalue weighted by atomic mass is 32.2. The lowest BCUT2D eigenvalue weighted by Crippen LogP contribution is -2.19. The van der Waals surface area contributed by atoms with Crippen LogP contribution in [0, 0.1) is 6.92 Å². The number of fused-ring (bicyclic) bond motifs is 3. The lowest BCUT2D eigenvalue weighted by atomic mass is 10.1. The summed E-state index contributed by atoms with van der Waals surface area (Å²) in [6.45, 7) is 1.85. The lowest BCUT2D eigenvalue weighted by molar-refractivity contribution is -0.115. The highest BCUT2D eigenvalue weighted by molar-refractivity contribution is 8.00. The number of para-hydroxylation sites is 1. The van der Waals surface area contributed by atoms with Gasteiger partial charge in [-0.15, -0.1) is 5.10 Å². The van der Waals surface area contributed by atoms with Crippen LogP contribution < -0.4 is 10.1 Å². The van der Waals surface area contributed by atoms with E-state index in [2.05, 4.69) is 15.4 Å². The summed E-state index contributed by atoms with van der Waals surface area (Å²) >= 11 is 1.35. The van der Waals surface area contributed by atoms with Gasteiger partial charge in [-0.3, -0.25) is 4.79 Å². The molecule has 0 bridgehead atoms. The molecule has 3 aromatic carbocycles. The number of aryl methyl sites for hydroxylation is 1. The van der Waals surface area contributed by atoms with Gasteiger partial charge in [-0.1, -0.05) is 54.2 Å². The number of hydrogen-bond donors (Lipinski definition) is 1. The fourth-order valence-electron chi connectivity index (χ4n) is 3.60. The predicted octanol–water partition coefficient (Wildman–Crippen LogP) is 5.07. The second kappa shape index (κ2) is 8.91. The molecule has 0 aliphatic heterocycles. The quantitative estimate of drug-likeness (QED) is 0.284. The topological polar surface area (TPSA) is 81.4 Å². The summed E-state index contributed by atoms with van der Waals surface area (Å²) in [7, 11) is 1.61. The second-order valence-corrected chi connectivity index (χ2v) is 8.50. The van der Waals surface area contributed by atoms with Crippen molar-refractivity contribution in [2.45, 2.75) is 17.3 Å². The smallest absolute Gasteiger partial charge is 0.242 e. The molecule has 0 aliphatic rings. The Kier molecular flexibility index (Phi) is 5.66. The maximum atomic E-state index is 13.4. The van der Waals surface area contributed by atoms with Crippen molar-refractivity contribution in [2.75, 3.05) is 12.4 Å². The molecule has 1 N–H and O–H groups in total. The first-order chi connectivity index (χ1) is 16.1. The first-order valence-electron chi connectivity index (χ1n) is 10.4. The van der Waals surface area contributed by atoms with Gasteiger partial charge in [0.1, 0.15) is 16.8 Å². The Hall–Kier alpha value is -3.91. The van der Waals surface area contributed by atoms with Gasteiger partial charge in [-0.25, -0.2) is 9.97 Å². The predicted molar refractivity (Wildman–Crippen MR) is 130 cm³/mol. The highest BCUT2D eigenvalue weighted by Gasteiger charge is 2.25. The molecule has 2 aromatic heterocycles. The minimum atomic E-state index is -0.547. The number of anilines is 1. The molecule has 7 nitrogen and oxygen atoms in total. The zero-order valence-corrected chi connectivity index (χ0v) is 18.9. The van der Waals surface area contributed by atoms with Crippen molar-refractivity contribution in [3.05, 3.63) is 90.3 Å². The summed E-state index contributed by atoms with van der Waals surface area (Å²) in [5, 5.41) is 8.53. The Morgan fingerprint density at radius 2 is 1.70 bits per heavy atom. The van der Waals surface area contributed by atoms with Gasteiger partial charge in [0.05, 0.1) is 12.6 Å². The number of benzene rings is 3. The van der Waals surface area contributed by atoms with Crippen LogP contribution in [0.3, 0.4) is 0 Å². The number of hydrogen-bond acceptors (Lipinski definition) is 6. The van der Waals surface area contributed by atoms with Crippen LogP contribution in [0.5, 0.6) is 5.75 Å². The van der Waals surface area contributed by atoms with Crippen molar-refractivity contribution >= 4 is 39.9 Å². The minimum absolute atomic E-state index is 0.156. The van der Waals surface area contributed by atoms with Crippen molar-refractivity contribution in [3.63, 3.8) is 0 Å². The van der Waals surface area contributed by atoms with Gasteiger partial charge >= 0.3 is 0 Å². The Labute approximate surface area is 194 Å². The van der Waals surface area contributed by atoms with E-state index in [9.17, 15) is 4.79 Å². The van der Waals surface area contributed by atoms with Crippen molar-refractivity contribution in [2.24, 2.45) is 0 Å². The summed E-state index contributed by atoms with van der Waals surface area (Å²) in [4.78, 5) is 22.9. The van der Waals surface area contributed by atoms with Crippen molar-refractivity contribution in [3.8, 4) is 5.75 Å². The monoisotopic (exact) mass is 455 g/mol. The van der Waals surface area contributed by atoms with E-state index in [1.165, 1.54) is 11.8 Å². The molecular weight excluding hydrogens is 434 g/mol. The molecule has 0 aliphatic carbocycles. The largest absolute Gasteiger partial charge is 0.497 e. The molecule has 2 heterocycles. The minimum Gasteiger partial charge on any atom is -0.497 e. The Morgan fingerprint density at radius 3 is 2.45 bits per heavy atom. The molecule has 0 fully saturated rings. The number of rotatable bonds is 6. The standard InChI is InChI=1S/C25H21N5O2S/c1-16-26-23-20-10-6-7-11-21(20)28-25(30(23)29-16)33-22(17-8-4-3-5-9-17)24(31)27-18-12-14-19(32-2)15-13-18/h3-15,22H,1-2H3,(H,27,31). The summed E-state index contributed by atoms with van der Waals surface area (Å²) in [6, 6.07) is 24.7. The first-order valence-corrected chi connectivity index (χ1v) is 11.3. The zero-order valence-electron chi connectivity index (χ0n) is 18.1. The third kappa shape index (κ3) is 4.25. The summed E-state index contributed by atoms with van der Waals surface area (Å²) in [5.41, 5.74) is 3.09. The van der Waals surface area contributed by atoms with Gasteiger partial charge in [-0.05, 0) is 48.9 Å². The van der Waals surface area contributed by atoms with Gasteiger partial charge in [-0.2, -0.15) is 4.52 Å². The third-order valence-electron chi connectivity index (χ3n) is 5.18. The van der Waals surface area contributed by atoms with Crippen molar-refractivity contribution in [1.82, 2.24) is 19.6 Å². The summed E-state index contributed by atoms with van der Waals surface area (Å²) in [5.74, 6) is 1.22. The molecule has 164 valence electrons. The van der Waals surface area contributed by atoms with Crippen LogP contribution in [0.2, 0.25) is 0 Å². The van der Waals surface area contributed by atoms with Gasteiger partial charge < -0.3 is 10.1 Å². The van der Waals surface area contributed by atoms with E-state index in [1.807, 2.05) is 85.8 Å². The van der Waals surface area contributed by atoms with Gasteiger partial charge in [0, 0.05) is 11.1 Å². The van der Waals surface area contributed by atoms with Gasteiger partial charge in [0.15, 0.2) is 10.8 Å². The van der Waals surface area contributed by atoms with Crippen LogP contribution in [0.15, 0.2) is 84.0 Å². The molecule has 1 atom stereocenters. The van der Waals surface area contributed by atoms with E-state index in [0.29, 0.717) is 16.7 Å². The number of ether oxygens (including phenoxy) is 1. The molecule has 8 heteroatoms. The summed E-state index contributed by atoms with van der Waals surface area (Å²) in [6.07, 6.45) is 0. The molecule has 0 saturated heterocycles. The van der Waals surface area contributed by atoms with E-state index < -0.39 is 5.25 Å². The van der Waals surface area contributed by atoms with Crippen molar-refractivity contribution in [1.29, 1.82) is 0 Å². The SMILES string of the molecule is COc1ccc(NC(=O)C(Sc2nc3ccccc3c3nc(C)nn23)c2ccccc2)cc1. The van der Waals surface area contributed by atoms with E-state index in [4.69, 9.17) is 9.72 Å². The fourth-order valence-corrected chi connectivity index (χ4v) is 4.65. The average Bonchev–Trinajstić information content (AvgIpc) is 3.25. The Balaban J connectivity index is 1.55. The van der Waals surface area contributed by atoms with E-state index in [-0.39, 0.29) is 5.91 Å². The molecule has 5 aromatic rings.